The lowest BCUT2D eigenvalue weighted by atomic mass is 9.87. The second kappa shape index (κ2) is 10.7. The van der Waals surface area contributed by atoms with Crippen LogP contribution in [0.15, 0.2) is 158 Å². The summed E-state index contributed by atoms with van der Waals surface area (Å²) in [6.45, 7) is 4.37. The van der Waals surface area contributed by atoms with E-state index in [0.717, 1.165) is 0 Å². The van der Waals surface area contributed by atoms with Gasteiger partial charge < -0.3 is 0 Å². The summed E-state index contributed by atoms with van der Waals surface area (Å²) in [5, 5.41) is 7.59. The van der Waals surface area contributed by atoms with Gasteiger partial charge in [-0.2, -0.15) is 0 Å². The van der Waals surface area contributed by atoms with E-state index in [0.29, 0.717) is 0 Å². The number of benzene rings is 8. The first-order chi connectivity index (χ1) is 21.6. The zero-order valence-electron chi connectivity index (χ0n) is 25.0. The van der Waals surface area contributed by atoms with Gasteiger partial charge in [0, 0.05) is 0 Å². The summed E-state index contributed by atoms with van der Waals surface area (Å²) in [5.74, 6) is 0. The third kappa shape index (κ3) is 4.57. The lowest BCUT2D eigenvalue weighted by Gasteiger charge is -2.16. The monoisotopic (exact) mass is 560 g/mol. The van der Waals surface area contributed by atoms with Crippen molar-refractivity contribution in [3.63, 3.8) is 0 Å². The Labute approximate surface area is 258 Å². The summed E-state index contributed by atoms with van der Waals surface area (Å²) < 4.78 is 0. The maximum absolute atomic E-state index is 2.41. The fourth-order valence-corrected chi connectivity index (χ4v) is 6.62. The molecule has 0 heteroatoms. The molecule has 208 valence electrons. The molecule has 0 unspecified atom stereocenters. The van der Waals surface area contributed by atoms with Crippen LogP contribution in [0.5, 0.6) is 0 Å². The van der Waals surface area contributed by atoms with E-state index in [2.05, 4.69) is 172 Å². The van der Waals surface area contributed by atoms with Gasteiger partial charge in [0.25, 0.3) is 0 Å². The third-order valence-electron chi connectivity index (χ3n) is 9.16. The molecule has 0 aliphatic heterocycles. The van der Waals surface area contributed by atoms with Crippen molar-refractivity contribution < 1.29 is 0 Å². The molecule has 0 heterocycles. The quantitative estimate of drug-likeness (QED) is 0.188. The zero-order valence-corrected chi connectivity index (χ0v) is 25.0. The predicted molar refractivity (Wildman–Crippen MR) is 190 cm³/mol. The van der Waals surface area contributed by atoms with Crippen LogP contribution in [0.3, 0.4) is 0 Å². The number of rotatable bonds is 4. The van der Waals surface area contributed by atoms with Crippen LogP contribution in [0.25, 0.3) is 76.8 Å². The molecule has 0 aliphatic rings. The van der Waals surface area contributed by atoms with Crippen LogP contribution < -0.4 is 0 Å². The second-order valence-electron chi connectivity index (χ2n) is 11.9. The van der Waals surface area contributed by atoms with E-state index in [4.69, 9.17) is 0 Å². The molecule has 0 amide bonds. The third-order valence-corrected chi connectivity index (χ3v) is 9.16. The lowest BCUT2D eigenvalue weighted by Crippen LogP contribution is -1.90. The van der Waals surface area contributed by atoms with Gasteiger partial charge in [-0.25, -0.2) is 0 Å². The molecular weight excluding hydrogens is 528 g/mol. The molecule has 8 aromatic rings. The molecule has 8 aromatic carbocycles. The number of fused-ring (bicyclic) bond motifs is 4. The fourth-order valence-electron chi connectivity index (χ4n) is 6.62. The topological polar surface area (TPSA) is 0 Å². The average molecular weight is 561 g/mol. The number of hydrogen-bond donors (Lipinski definition) is 0. The van der Waals surface area contributed by atoms with Gasteiger partial charge in [-0.3, -0.25) is 0 Å². The molecule has 0 nitrogen and oxygen atoms in total. The predicted octanol–water partition coefficient (Wildman–Crippen LogP) is 12.4. The van der Waals surface area contributed by atoms with Crippen molar-refractivity contribution >= 4 is 32.3 Å². The molecule has 44 heavy (non-hydrogen) atoms. The van der Waals surface area contributed by atoms with Gasteiger partial charge in [0.05, 0.1) is 0 Å². The Morgan fingerprint density at radius 2 is 0.795 bits per heavy atom. The minimum atomic E-state index is 1.23. The van der Waals surface area contributed by atoms with Gasteiger partial charge in [-0.15, -0.1) is 0 Å². The first-order valence-electron chi connectivity index (χ1n) is 15.3. The molecular formula is C44H32. The van der Waals surface area contributed by atoms with Gasteiger partial charge in [0.2, 0.25) is 0 Å². The first kappa shape index (κ1) is 26.2. The highest BCUT2D eigenvalue weighted by atomic mass is 14.2. The Hall–Kier alpha value is -5.46. The highest BCUT2D eigenvalue weighted by Crippen LogP contribution is 2.41. The van der Waals surface area contributed by atoms with E-state index in [9.17, 15) is 0 Å². The van der Waals surface area contributed by atoms with Gasteiger partial charge in [0.15, 0.2) is 0 Å². The average Bonchev–Trinajstić information content (AvgIpc) is 3.08. The molecule has 0 aromatic heterocycles. The zero-order chi connectivity index (χ0) is 29.6. The summed E-state index contributed by atoms with van der Waals surface area (Å²) in [4.78, 5) is 0. The Morgan fingerprint density at radius 1 is 0.273 bits per heavy atom. The van der Waals surface area contributed by atoms with Crippen molar-refractivity contribution in [2.24, 2.45) is 0 Å². The van der Waals surface area contributed by atoms with Gasteiger partial charge in [-0.05, 0) is 132 Å². The van der Waals surface area contributed by atoms with Crippen LogP contribution in [0, 0.1) is 13.8 Å². The van der Waals surface area contributed by atoms with Gasteiger partial charge >= 0.3 is 0 Å². The fraction of sp³-hybridized carbons (Fsp3) is 0.0455. The van der Waals surface area contributed by atoms with Crippen LogP contribution in [0.4, 0.5) is 0 Å². The Bertz CT molecular complexity index is 2330. The molecule has 0 fully saturated rings. The highest BCUT2D eigenvalue weighted by molar-refractivity contribution is 6.15. The highest BCUT2D eigenvalue weighted by Gasteiger charge is 2.15. The van der Waals surface area contributed by atoms with Crippen LogP contribution in [-0.2, 0) is 0 Å². The van der Waals surface area contributed by atoms with Crippen molar-refractivity contribution in [3.05, 3.63) is 169 Å². The van der Waals surface area contributed by atoms with Gasteiger partial charge in [-0.1, -0.05) is 127 Å². The molecule has 0 saturated heterocycles. The largest absolute Gasteiger partial charge is 0.0622 e. The summed E-state index contributed by atoms with van der Waals surface area (Å²) in [6.07, 6.45) is 0. The van der Waals surface area contributed by atoms with Gasteiger partial charge in [0.1, 0.15) is 0 Å². The van der Waals surface area contributed by atoms with Crippen molar-refractivity contribution in [2.45, 2.75) is 13.8 Å². The molecule has 0 aliphatic carbocycles. The first-order valence-corrected chi connectivity index (χ1v) is 15.3. The molecule has 0 spiro atoms. The van der Waals surface area contributed by atoms with E-state index in [1.54, 1.807) is 0 Å². The van der Waals surface area contributed by atoms with E-state index in [1.807, 2.05) is 0 Å². The molecule has 0 saturated carbocycles. The molecule has 8 rings (SSSR count). The SMILES string of the molecule is Cc1ccc(-c2ccc3c(c2)cc(-c2ccccc2)c2cc(-c4cc5ccccc5cc4-c4ccccc4)ccc23)cc1C. The minimum Gasteiger partial charge on any atom is -0.0622 e. The van der Waals surface area contributed by atoms with E-state index in [-0.39, 0.29) is 0 Å². The van der Waals surface area contributed by atoms with Crippen molar-refractivity contribution in [2.75, 3.05) is 0 Å². The van der Waals surface area contributed by atoms with E-state index in [1.165, 1.54) is 88.0 Å². The smallest absolute Gasteiger partial charge is 0.00928 e. The molecule has 0 radical (unpaired) electrons. The van der Waals surface area contributed by atoms with E-state index >= 15 is 0 Å². The molecule has 0 bridgehead atoms. The van der Waals surface area contributed by atoms with Crippen LogP contribution in [0.2, 0.25) is 0 Å². The van der Waals surface area contributed by atoms with E-state index < -0.39 is 0 Å². The summed E-state index contributed by atoms with van der Waals surface area (Å²) in [5.41, 5.74) is 12.6. The van der Waals surface area contributed by atoms with Crippen LogP contribution >= 0.6 is 0 Å². The Morgan fingerprint density at radius 3 is 1.48 bits per heavy atom. The summed E-state index contributed by atoms with van der Waals surface area (Å²) >= 11 is 0. The lowest BCUT2D eigenvalue weighted by molar-refractivity contribution is 1.34. The maximum Gasteiger partial charge on any atom is -0.00928 e. The standard InChI is InChI=1S/C44H32/c1-29-17-18-35(23-30(29)2)36-19-21-39-38(24-36)28-42(32-13-7-4-8-14-32)44-27-37(20-22-40(39)44)43-26-34-16-10-9-15-33(34)25-41(43)31-11-5-3-6-12-31/h3-28H,1-2H3. The number of aryl methyl sites for hydroxylation is 2. The molecule has 0 atom stereocenters. The second-order valence-corrected chi connectivity index (χ2v) is 11.9. The summed E-state index contributed by atoms with van der Waals surface area (Å²) in [6, 6.07) is 58.1. The van der Waals surface area contributed by atoms with Crippen LogP contribution in [-0.4, -0.2) is 0 Å². The minimum absolute atomic E-state index is 1.23. The normalized spacial score (nSPS) is 11.4. The van der Waals surface area contributed by atoms with Crippen molar-refractivity contribution in [1.82, 2.24) is 0 Å². The Kier molecular flexibility index (Phi) is 6.35. The van der Waals surface area contributed by atoms with Crippen molar-refractivity contribution in [3.8, 4) is 44.5 Å². The van der Waals surface area contributed by atoms with Crippen LogP contribution in [0.1, 0.15) is 11.1 Å². The number of hydrogen-bond acceptors (Lipinski definition) is 0. The Balaban J connectivity index is 1.38. The maximum atomic E-state index is 2.41. The van der Waals surface area contributed by atoms with Crippen molar-refractivity contribution in [1.29, 1.82) is 0 Å². The summed E-state index contributed by atoms with van der Waals surface area (Å²) in [7, 11) is 0. The molecule has 0 N–H and O–H groups in total.